The van der Waals surface area contributed by atoms with Crippen LogP contribution in [-0.2, 0) is 10.9 Å². The monoisotopic (exact) mass is 394 g/mol. The van der Waals surface area contributed by atoms with Gasteiger partial charge in [0.2, 0.25) is 0 Å². The van der Waals surface area contributed by atoms with E-state index in [9.17, 15) is 18.0 Å². The van der Waals surface area contributed by atoms with E-state index in [1.54, 1.807) is 12.1 Å². The van der Waals surface area contributed by atoms with Crippen LogP contribution in [0, 0.1) is 0 Å². The summed E-state index contributed by atoms with van der Waals surface area (Å²) in [5.74, 6) is 0.145. The first kappa shape index (κ1) is 20.1. The second-order valence-corrected chi connectivity index (χ2v) is 6.34. The number of aromatic nitrogens is 1. The van der Waals surface area contributed by atoms with Crippen molar-refractivity contribution in [3.8, 4) is 0 Å². The maximum atomic E-state index is 12.6. The molecular formula is C19H21F3N4O2. The van der Waals surface area contributed by atoms with Crippen molar-refractivity contribution < 1.29 is 22.7 Å². The summed E-state index contributed by atoms with van der Waals surface area (Å²) in [5.41, 5.74) is -0.110. The predicted molar refractivity (Wildman–Crippen MR) is 99.4 cm³/mol. The SMILES string of the molecule is O=C(Nc1ccc(C(F)(F)F)cc1)c1ccnc(NCCN2CCOCC2)c1. The minimum Gasteiger partial charge on any atom is -0.379 e. The molecule has 1 aliphatic heterocycles. The Kier molecular flexibility index (Phi) is 6.48. The van der Waals surface area contributed by atoms with Gasteiger partial charge >= 0.3 is 6.18 Å². The van der Waals surface area contributed by atoms with E-state index in [0.29, 0.717) is 17.9 Å². The standard InChI is InChI=1S/C19H21F3N4O2/c20-19(21,22)15-1-3-16(4-2-15)25-18(27)14-5-6-23-17(13-14)24-7-8-26-9-11-28-12-10-26/h1-6,13H,7-12H2,(H,23,24)(H,25,27). The predicted octanol–water partition coefficient (Wildman–Crippen LogP) is 3.10. The van der Waals surface area contributed by atoms with Gasteiger partial charge < -0.3 is 15.4 Å². The number of ether oxygens (including phenoxy) is 1. The summed E-state index contributed by atoms with van der Waals surface area (Å²) in [7, 11) is 0. The fraction of sp³-hybridized carbons (Fsp3) is 0.368. The first-order valence-corrected chi connectivity index (χ1v) is 8.90. The first-order valence-electron chi connectivity index (χ1n) is 8.90. The molecule has 28 heavy (non-hydrogen) atoms. The van der Waals surface area contributed by atoms with Crippen LogP contribution >= 0.6 is 0 Å². The van der Waals surface area contributed by atoms with Crippen molar-refractivity contribution in [2.45, 2.75) is 6.18 Å². The van der Waals surface area contributed by atoms with Crippen molar-refractivity contribution >= 4 is 17.4 Å². The van der Waals surface area contributed by atoms with E-state index < -0.39 is 17.6 Å². The summed E-state index contributed by atoms with van der Waals surface area (Å²) in [4.78, 5) is 18.8. The Bertz CT molecular complexity index is 791. The van der Waals surface area contributed by atoms with Gasteiger partial charge in [0.1, 0.15) is 5.82 Å². The van der Waals surface area contributed by atoms with Crippen LogP contribution in [0.4, 0.5) is 24.7 Å². The Morgan fingerprint density at radius 1 is 1.14 bits per heavy atom. The second kappa shape index (κ2) is 9.03. The van der Waals surface area contributed by atoms with Gasteiger partial charge in [-0.25, -0.2) is 4.98 Å². The second-order valence-electron chi connectivity index (χ2n) is 6.34. The van der Waals surface area contributed by atoms with Crippen LogP contribution in [0.1, 0.15) is 15.9 Å². The summed E-state index contributed by atoms with van der Waals surface area (Å²) in [6, 6.07) is 7.47. The molecule has 0 radical (unpaired) electrons. The Morgan fingerprint density at radius 2 is 1.86 bits per heavy atom. The van der Waals surface area contributed by atoms with Crippen molar-refractivity contribution in [3.63, 3.8) is 0 Å². The molecule has 2 heterocycles. The van der Waals surface area contributed by atoms with E-state index in [-0.39, 0.29) is 5.69 Å². The van der Waals surface area contributed by atoms with Crippen LogP contribution in [0.5, 0.6) is 0 Å². The number of anilines is 2. The zero-order valence-electron chi connectivity index (χ0n) is 15.1. The Labute approximate surface area is 160 Å². The van der Waals surface area contributed by atoms with Crippen LogP contribution in [-0.4, -0.2) is 55.2 Å². The molecular weight excluding hydrogens is 373 g/mol. The van der Waals surface area contributed by atoms with Crippen LogP contribution in [0.2, 0.25) is 0 Å². The number of hydrogen-bond acceptors (Lipinski definition) is 5. The lowest BCUT2D eigenvalue weighted by atomic mass is 10.2. The molecule has 0 aliphatic carbocycles. The molecule has 1 aromatic heterocycles. The van der Waals surface area contributed by atoms with Gasteiger partial charge in [0.25, 0.3) is 5.91 Å². The third-order valence-electron chi connectivity index (χ3n) is 4.33. The fourth-order valence-electron chi connectivity index (χ4n) is 2.78. The minimum absolute atomic E-state index is 0.289. The van der Waals surface area contributed by atoms with Gasteiger partial charge in [-0.15, -0.1) is 0 Å². The number of benzene rings is 1. The van der Waals surface area contributed by atoms with E-state index in [4.69, 9.17) is 4.74 Å². The minimum atomic E-state index is -4.41. The number of amides is 1. The van der Waals surface area contributed by atoms with Crippen molar-refractivity contribution in [1.82, 2.24) is 9.88 Å². The summed E-state index contributed by atoms with van der Waals surface area (Å²) in [6.07, 6.45) is -2.89. The number of pyridine rings is 1. The number of halogens is 3. The quantitative estimate of drug-likeness (QED) is 0.788. The van der Waals surface area contributed by atoms with Crippen LogP contribution < -0.4 is 10.6 Å². The number of carbonyl (C=O) groups excluding carboxylic acids is 1. The smallest absolute Gasteiger partial charge is 0.379 e. The molecule has 3 rings (SSSR count). The van der Waals surface area contributed by atoms with Gasteiger partial charge in [-0.2, -0.15) is 13.2 Å². The van der Waals surface area contributed by atoms with Crippen molar-refractivity contribution in [2.75, 3.05) is 50.0 Å². The average molecular weight is 394 g/mol. The highest BCUT2D eigenvalue weighted by Gasteiger charge is 2.30. The highest BCUT2D eigenvalue weighted by molar-refractivity contribution is 6.04. The molecule has 1 amide bonds. The number of morpholine rings is 1. The number of nitrogens with one attached hydrogen (secondary N) is 2. The number of carbonyl (C=O) groups is 1. The third kappa shape index (κ3) is 5.67. The molecule has 1 aliphatic rings. The van der Waals surface area contributed by atoms with Crippen molar-refractivity contribution in [3.05, 3.63) is 53.7 Å². The van der Waals surface area contributed by atoms with Crippen molar-refractivity contribution in [2.24, 2.45) is 0 Å². The lowest BCUT2D eigenvalue weighted by molar-refractivity contribution is -0.137. The molecule has 0 atom stereocenters. The van der Waals surface area contributed by atoms with Gasteiger partial charge in [-0.1, -0.05) is 0 Å². The average Bonchev–Trinajstić information content (AvgIpc) is 2.69. The summed E-state index contributed by atoms with van der Waals surface area (Å²) < 4.78 is 43.1. The number of rotatable bonds is 6. The molecule has 1 saturated heterocycles. The molecule has 1 aromatic carbocycles. The third-order valence-corrected chi connectivity index (χ3v) is 4.33. The zero-order chi connectivity index (χ0) is 20.0. The molecule has 1 fully saturated rings. The maximum absolute atomic E-state index is 12.6. The summed E-state index contributed by atoms with van der Waals surface area (Å²) in [6.45, 7) is 4.77. The number of alkyl halides is 3. The van der Waals surface area contributed by atoms with Gasteiger partial charge in [0.05, 0.1) is 18.8 Å². The lowest BCUT2D eigenvalue weighted by Gasteiger charge is -2.26. The fourth-order valence-corrected chi connectivity index (χ4v) is 2.78. The molecule has 0 bridgehead atoms. The van der Waals surface area contributed by atoms with Gasteiger partial charge in [-0.3, -0.25) is 9.69 Å². The van der Waals surface area contributed by atoms with E-state index >= 15 is 0 Å². The van der Waals surface area contributed by atoms with Gasteiger partial charge in [0, 0.05) is 43.6 Å². The molecule has 0 spiro atoms. The topological polar surface area (TPSA) is 66.5 Å². The van der Waals surface area contributed by atoms with E-state index in [2.05, 4.69) is 20.5 Å². The van der Waals surface area contributed by atoms with E-state index in [0.717, 1.165) is 45.0 Å². The summed E-state index contributed by atoms with van der Waals surface area (Å²) in [5, 5.41) is 5.76. The van der Waals surface area contributed by atoms with Crippen LogP contribution in [0.15, 0.2) is 42.6 Å². The van der Waals surface area contributed by atoms with Crippen LogP contribution in [0.3, 0.4) is 0 Å². The normalized spacial score (nSPS) is 15.2. The van der Waals surface area contributed by atoms with E-state index in [1.807, 2.05) is 0 Å². The van der Waals surface area contributed by atoms with E-state index in [1.165, 1.54) is 18.3 Å². The molecule has 2 N–H and O–H groups in total. The molecule has 2 aromatic rings. The number of hydrogen-bond donors (Lipinski definition) is 2. The largest absolute Gasteiger partial charge is 0.416 e. The summed E-state index contributed by atoms with van der Waals surface area (Å²) >= 11 is 0. The molecule has 0 unspecified atom stereocenters. The Hall–Kier alpha value is -2.65. The Balaban J connectivity index is 1.54. The zero-order valence-corrected chi connectivity index (χ0v) is 15.1. The van der Waals surface area contributed by atoms with Gasteiger partial charge in [0.15, 0.2) is 0 Å². The highest BCUT2D eigenvalue weighted by atomic mass is 19.4. The van der Waals surface area contributed by atoms with Crippen molar-refractivity contribution in [1.29, 1.82) is 0 Å². The maximum Gasteiger partial charge on any atom is 0.416 e. The number of nitrogens with zero attached hydrogens (tertiary/aromatic N) is 2. The van der Waals surface area contributed by atoms with Gasteiger partial charge in [-0.05, 0) is 36.4 Å². The lowest BCUT2D eigenvalue weighted by Crippen LogP contribution is -2.39. The Morgan fingerprint density at radius 3 is 2.54 bits per heavy atom. The first-order chi connectivity index (χ1) is 13.4. The highest BCUT2D eigenvalue weighted by Crippen LogP contribution is 2.29. The molecule has 0 saturated carbocycles. The molecule has 9 heteroatoms. The molecule has 150 valence electrons. The van der Waals surface area contributed by atoms with Crippen LogP contribution in [0.25, 0.3) is 0 Å². The molecule has 6 nitrogen and oxygen atoms in total.